The summed E-state index contributed by atoms with van der Waals surface area (Å²) in [6, 6.07) is 3.64. The van der Waals surface area contributed by atoms with Crippen LogP contribution in [0.2, 0.25) is 0 Å². The van der Waals surface area contributed by atoms with Gasteiger partial charge in [-0.2, -0.15) is 0 Å². The number of anilines is 1. The van der Waals surface area contributed by atoms with Gasteiger partial charge in [0.2, 0.25) is 10.0 Å². The molecule has 1 aromatic carbocycles. The molecule has 1 unspecified atom stereocenters. The van der Waals surface area contributed by atoms with Gasteiger partial charge in [0.05, 0.1) is 4.90 Å². The molecule has 5 heteroatoms. The highest BCUT2D eigenvalue weighted by molar-refractivity contribution is 7.89. The van der Waals surface area contributed by atoms with Gasteiger partial charge in [0.15, 0.2) is 0 Å². The van der Waals surface area contributed by atoms with Gasteiger partial charge in [-0.1, -0.05) is 20.8 Å². The molecule has 1 aromatic rings. The predicted molar refractivity (Wildman–Crippen MR) is 86.7 cm³/mol. The molecule has 1 atom stereocenters. The molecule has 0 aromatic heterocycles. The highest BCUT2D eigenvalue weighted by Gasteiger charge is 2.29. The van der Waals surface area contributed by atoms with Crippen molar-refractivity contribution in [3.63, 3.8) is 0 Å². The van der Waals surface area contributed by atoms with E-state index >= 15 is 0 Å². The lowest BCUT2D eigenvalue weighted by Crippen LogP contribution is -2.30. The van der Waals surface area contributed by atoms with E-state index in [4.69, 9.17) is 5.73 Å². The molecule has 2 rings (SSSR count). The molecule has 4 nitrogen and oxygen atoms in total. The normalized spacial score (nSPS) is 16.9. The minimum absolute atomic E-state index is 0.352. The molecule has 0 radical (unpaired) electrons. The van der Waals surface area contributed by atoms with Crippen LogP contribution < -0.4 is 10.5 Å². The molecule has 0 bridgehead atoms. The fourth-order valence-electron chi connectivity index (χ4n) is 2.70. The van der Waals surface area contributed by atoms with Gasteiger partial charge >= 0.3 is 0 Å². The van der Waals surface area contributed by atoms with E-state index in [1.165, 1.54) is 12.8 Å². The van der Waals surface area contributed by atoms with Crippen LogP contribution >= 0.6 is 0 Å². The topological polar surface area (TPSA) is 72.2 Å². The fourth-order valence-corrected chi connectivity index (χ4v) is 4.23. The van der Waals surface area contributed by atoms with E-state index in [1.807, 2.05) is 19.9 Å². The van der Waals surface area contributed by atoms with E-state index in [9.17, 15) is 8.42 Å². The van der Waals surface area contributed by atoms with Crippen molar-refractivity contribution < 1.29 is 8.42 Å². The largest absolute Gasteiger partial charge is 0.398 e. The number of benzene rings is 1. The van der Waals surface area contributed by atoms with Crippen LogP contribution in [-0.4, -0.2) is 15.0 Å². The summed E-state index contributed by atoms with van der Waals surface area (Å²) in [5.74, 6) is 1.09. The molecule has 0 amide bonds. The van der Waals surface area contributed by atoms with Crippen molar-refractivity contribution in [2.45, 2.75) is 51.3 Å². The lowest BCUT2D eigenvalue weighted by atomic mass is 10.1. The second-order valence-corrected chi connectivity index (χ2v) is 7.77. The summed E-state index contributed by atoms with van der Waals surface area (Å²) < 4.78 is 28.0. The summed E-state index contributed by atoms with van der Waals surface area (Å²) in [4.78, 5) is 0.352. The first-order valence-electron chi connectivity index (χ1n) is 7.80. The summed E-state index contributed by atoms with van der Waals surface area (Å²) in [5, 5.41) is 0. The maximum atomic E-state index is 12.6. The molecular formula is C16H26N2O2S. The molecule has 1 aliphatic rings. The van der Waals surface area contributed by atoms with E-state index in [-0.39, 0.29) is 0 Å². The number of hydrogen-bond acceptors (Lipinski definition) is 3. The zero-order chi connectivity index (χ0) is 15.6. The van der Waals surface area contributed by atoms with Crippen molar-refractivity contribution in [2.24, 2.45) is 11.8 Å². The first-order valence-corrected chi connectivity index (χ1v) is 9.28. The summed E-state index contributed by atoms with van der Waals surface area (Å²) in [6.07, 6.45) is 3.84. The predicted octanol–water partition coefficient (Wildman–Crippen LogP) is 2.72. The summed E-state index contributed by atoms with van der Waals surface area (Å²) in [7, 11) is -3.49. The first kappa shape index (κ1) is 16.3. The van der Waals surface area contributed by atoms with Crippen LogP contribution in [0.4, 0.5) is 5.69 Å². The quantitative estimate of drug-likeness (QED) is 0.761. The second kappa shape index (κ2) is 6.36. The van der Waals surface area contributed by atoms with Gasteiger partial charge in [-0.25, -0.2) is 13.1 Å². The monoisotopic (exact) mass is 310 g/mol. The SMILES string of the molecule is CCc1cc(N)c(CC)c(S(=O)(=O)NCC(C)C2CC2)c1. The first-order chi connectivity index (χ1) is 9.89. The number of nitrogens with two attached hydrogens (primary N) is 1. The number of hydrogen-bond donors (Lipinski definition) is 2. The Kier molecular flexibility index (Phi) is 4.94. The number of sulfonamides is 1. The van der Waals surface area contributed by atoms with E-state index in [2.05, 4.69) is 11.6 Å². The Bertz CT molecular complexity index is 607. The third-order valence-corrected chi connectivity index (χ3v) is 5.87. The zero-order valence-corrected chi connectivity index (χ0v) is 14.0. The van der Waals surface area contributed by atoms with Crippen molar-refractivity contribution >= 4 is 15.7 Å². The summed E-state index contributed by atoms with van der Waals surface area (Å²) in [6.45, 7) is 6.55. The molecule has 1 aliphatic carbocycles. The number of rotatable bonds is 7. The Labute approximate surface area is 128 Å². The van der Waals surface area contributed by atoms with Crippen LogP contribution in [-0.2, 0) is 22.9 Å². The minimum atomic E-state index is -3.49. The molecule has 0 heterocycles. The molecule has 0 saturated heterocycles. The Morgan fingerprint density at radius 3 is 2.48 bits per heavy atom. The van der Waals surface area contributed by atoms with Gasteiger partial charge in [0, 0.05) is 12.2 Å². The molecule has 0 spiro atoms. The molecule has 118 valence electrons. The van der Waals surface area contributed by atoms with Crippen molar-refractivity contribution in [2.75, 3.05) is 12.3 Å². The number of nitrogens with one attached hydrogen (secondary N) is 1. The summed E-state index contributed by atoms with van der Waals surface area (Å²) in [5.41, 5.74) is 8.28. The maximum absolute atomic E-state index is 12.6. The zero-order valence-electron chi connectivity index (χ0n) is 13.1. The van der Waals surface area contributed by atoms with Crippen LogP contribution in [0.1, 0.15) is 44.7 Å². The van der Waals surface area contributed by atoms with Gasteiger partial charge in [0.25, 0.3) is 0 Å². The molecule has 1 saturated carbocycles. The van der Waals surface area contributed by atoms with Crippen molar-refractivity contribution in [1.29, 1.82) is 0 Å². The van der Waals surface area contributed by atoms with E-state index in [0.717, 1.165) is 17.5 Å². The third-order valence-electron chi connectivity index (χ3n) is 4.38. The highest BCUT2D eigenvalue weighted by atomic mass is 32.2. The van der Waals surface area contributed by atoms with E-state index in [0.29, 0.717) is 35.4 Å². The minimum Gasteiger partial charge on any atom is -0.398 e. The maximum Gasteiger partial charge on any atom is 0.240 e. The Balaban J connectivity index is 2.26. The van der Waals surface area contributed by atoms with Gasteiger partial charge in [-0.15, -0.1) is 0 Å². The van der Waals surface area contributed by atoms with Crippen LogP contribution in [0.5, 0.6) is 0 Å². The Morgan fingerprint density at radius 1 is 1.29 bits per heavy atom. The second-order valence-electron chi connectivity index (χ2n) is 6.04. The molecule has 0 aliphatic heterocycles. The number of aryl methyl sites for hydroxylation is 1. The van der Waals surface area contributed by atoms with Crippen LogP contribution in [0.3, 0.4) is 0 Å². The van der Waals surface area contributed by atoms with Crippen molar-refractivity contribution in [1.82, 2.24) is 4.72 Å². The molecule has 21 heavy (non-hydrogen) atoms. The van der Waals surface area contributed by atoms with Crippen LogP contribution in [0, 0.1) is 11.8 Å². The number of nitrogen functional groups attached to an aromatic ring is 1. The van der Waals surface area contributed by atoms with Gasteiger partial charge in [0.1, 0.15) is 0 Å². The van der Waals surface area contributed by atoms with Crippen molar-refractivity contribution in [3.8, 4) is 0 Å². The standard InChI is InChI=1S/C16H26N2O2S/c1-4-12-8-15(17)14(5-2)16(9-12)21(19,20)18-10-11(3)13-6-7-13/h8-9,11,13,18H,4-7,10,17H2,1-3H3. The Hall–Kier alpha value is -1.07. The van der Waals surface area contributed by atoms with Crippen LogP contribution in [0.25, 0.3) is 0 Å². The van der Waals surface area contributed by atoms with E-state index in [1.54, 1.807) is 6.07 Å². The molecule has 3 N–H and O–H groups in total. The van der Waals surface area contributed by atoms with Crippen LogP contribution in [0.15, 0.2) is 17.0 Å². The average Bonchev–Trinajstić information content (AvgIpc) is 3.28. The highest BCUT2D eigenvalue weighted by Crippen LogP contribution is 2.36. The molecular weight excluding hydrogens is 284 g/mol. The van der Waals surface area contributed by atoms with Crippen molar-refractivity contribution in [3.05, 3.63) is 23.3 Å². The fraction of sp³-hybridized carbons (Fsp3) is 0.625. The lowest BCUT2D eigenvalue weighted by Gasteiger charge is -2.16. The third kappa shape index (κ3) is 3.77. The van der Waals surface area contributed by atoms with Gasteiger partial charge < -0.3 is 5.73 Å². The van der Waals surface area contributed by atoms with E-state index < -0.39 is 10.0 Å². The Morgan fingerprint density at radius 2 is 1.95 bits per heavy atom. The lowest BCUT2D eigenvalue weighted by molar-refractivity contribution is 0.491. The average molecular weight is 310 g/mol. The van der Waals surface area contributed by atoms with Gasteiger partial charge in [-0.3, -0.25) is 0 Å². The molecule has 1 fully saturated rings. The smallest absolute Gasteiger partial charge is 0.240 e. The summed E-state index contributed by atoms with van der Waals surface area (Å²) >= 11 is 0. The van der Waals surface area contributed by atoms with Gasteiger partial charge in [-0.05, 0) is 60.8 Å².